The van der Waals surface area contributed by atoms with E-state index in [1.54, 1.807) is 6.92 Å². The molecule has 5 heteroatoms. The van der Waals surface area contributed by atoms with E-state index >= 15 is 0 Å². The molecule has 0 saturated heterocycles. The number of carbonyl (C=O) groups is 1. The number of rotatable bonds is 5. The van der Waals surface area contributed by atoms with Crippen LogP contribution in [0.2, 0.25) is 0 Å². The van der Waals surface area contributed by atoms with Crippen LogP contribution < -0.4 is 10.6 Å². The van der Waals surface area contributed by atoms with Crippen molar-refractivity contribution in [1.29, 1.82) is 0 Å². The van der Waals surface area contributed by atoms with Crippen molar-refractivity contribution in [1.82, 2.24) is 10.6 Å². The highest BCUT2D eigenvalue weighted by Gasteiger charge is 2.19. The number of halogens is 1. The Balaban J connectivity index is 2.55. The van der Waals surface area contributed by atoms with Crippen LogP contribution in [0.15, 0.2) is 28.7 Å². The Labute approximate surface area is 129 Å². The van der Waals surface area contributed by atoms with Crippen molar-refractivity contribution in [3.05, 3.63) is 34.3 Å². The van der Waals surface area contributed by atoms with Gasteiger partial charge in [-0.3, -0.25) is 0 Å². The zero-order valence-corrected chi connectivity index (χ0v) is 13.9. The van der Waals surface area contributed by atoms with E-state index in [0.29, 0.717) is 5.92 Å². The number of nitrogens with one attached hydrogen (secondary N) is 2. The van der Waals surface area contributed by atoms with Crippen molar-refractivity contribution >= 4 is 22.0 Å². The Morgan fingerprint density at radius 3 is 2.05 bits per heavy atom. The van der Waals surface area contributed by atoms with Crippen LogP contribution >= 0.6 is 15.9 Å². The average molecular weight is 343 g/mol. The second-order valence-corrected chi connectivity index (χ2v) is 6.35. The van der Waals surface area contributed by atoms with Crippen molar-refractivity contribution in [3.8, 4) is 0 Å². The third-order valence-corrected chi connectivity index (χ3v) is 3.93. The van der Waals surface area contributed by atoms with Crippen LogP contribution in [0.1, 0.15) is 39.4 Å². The fourth-order valence-corrected chi connectivity index (χ4v) is 1.91. The monoisotopic (exact) mass is 342 g/mol. The summed E-state index contributed by atoms with van der Waals surface area (Å²) in [5.41, 5.74) is 0.776. The number of carbonyl (C=O) groups excluding carboxylic acids is 1. The van der Waals surface area contributed by atoms with Gasteiger partial charge in [0.05, 0.1) is 12.1 Å². The summed E-state index contributed by atoms with van der Waals surface area (Å²) in [5.74, 6) is 0.368. The maximum absolute atomic E-state index is 11.8. The summed E-state index contributed by atoms with van der Waals surface area (Å²) in [6.07, 6.45) is -0.733. The normalized spacial score (nSPS) is 15.6. The first-order chi connectivity index (χ1) is 9.31. The standard InChI is InChI=1S/C15H23BrN2O2/c1-9(2)10(3)17-15(20)18-11(4)14(19)12-5-7-13(16)8-6-12/h5-11,14,19H,1-4H3,(H2,17,18,20). The lowest BCUT2D eigenvalue weighted by atomic mass is 10.0. The van der Waals surface area contributed by atoms with Gasteiger partial charge in [-0.25, -0.2) is 4.79 Å². The lowest BCUT2D eigenvalue weighted by Crippen LogP contribution is -2.47. The van der Waals surface area contributed by atoms with Gasteiger partial charge in [-0.05, 0) is 37.5 Å². The lowest BCUT2D eigenvalue weighted by Gasteiger charge is -2.23. The first-order valence-corrected chi connectivity index (χ1v) is 7.61. The highest BCUT2D eigenvalue weighted by Crippen LogP contribution is 2.19. The summed E-state index contributed by atoms with van der Waals surface area (Å²) >= 11 is 3.35. The summed E-state index contributed by atoms with van der Waals surface area (Å²) in [4.78, 5) is 11.8. The molecule has 0 radical (unpaired) electrons. The summed E-state index contributed by atoms with van der Waals surface area (Å²) in [7, 11) is 0. The summed E-state index contributed by atoms with van der Waals surface area (Å²) in [6.45, 7) is 7.84. The van der Waals surface area contributed by atoms with Crippen LogP contribution in [0.3, 0.4) is 0 Å². The van der Waals surface area contributed by atoms with Gasteiger partial charge < -0.3 is 15.7 Å². The molecular formula is C15H23BrN2O2. The van der Waals surface area contributed by atoms with E-state index in [-0.39, 0.29) is 18.1 Å². The average Bonchev–Trinajstić information content (AvgIpc) is 2.38. The van der Waals surface area contributed by atoms with E-state index < -0.39 is 6.10 Å². The molecule has 0 aromatic heterocycles. The first kappa shape index (κ1) is 17.0. The molecule has 20 heavy (non-hydrogen) atoms. The molecule has 0 fully saturated rings. The Kier molecular flexibility index (Phi) is 6.49. The minimum absolute atomic E-state index is 0.0898. The molecule has 0 spiro atoms. The van der Waals surface area contributed by atoms with Crippen molar-refractivity contribution < 1.29 is 9.90 Å². The first-order valence-electron chi connectivity index (χ1n) is 6.81. The smallest absolute Gasteiger partial charge is 0.315 e. The SMILES string of the molecule is CC(C)C(C)NC(=O)NC(C)C(O)c1ccc(Br)cc1. The van der Waals surface area contributed by atoms with Gasteiger partial charge in [0.15, 0.2) is 0 Å². The van der Waals surface area contributed by atoms with Crippen LogP contribution in [-0.4, -0.2) is 23.2 Å². The Hall–Kier alpha value is -1.07. The maximum Gasteiger partial charge on any atom is 0.315 e. The molecule has 2 amide bonds. The predicted octanol–water partition coefficient (Wildman–Crippen LogP) is 3.21. The molecule has 0 heterocycles. The number of hydrogen-bond acceptors (Lipinski definition) is 2. The summed E-state index contributed by atoms with van der Waals surface area (Å²) in [5, 5.41) is 15.8. The van der Waals surface area contributed by atoms with Crippen LogP contribution in [-0.2, 0) is 0 Å². The molecular weight excluding hydrogens is 320 g/mol. The molecule has 0 bridgehead atoms. The van der Waals surface area contributed by atoms with Gasteiger partial charge in [0.1, 0.15) is 0 Å². The van der Waals surface area contributed by atoms with Gasteiger partial charge in [-0.15, -0.1) is 0 Å². The molecule has 1 aromatic carbocycles. The Morgan fingerprint density at radius 2 is 1.55 bits per heavy atom. The highest BCUT2D eigenvalue weighted by molar-refractivity contribution is 9.10. The third kappa shape index (κ3) is 5.13. The van der Waals surface area contributed by atoms with Crippen molar-refractivity contribution in [2.24, 2.45) is 5.92 Å². The minimum Gasteiger partial charge on any atom is -0.386 e. The number of benzene rings is 1. The van der Waals surface area contributed by atoms with Gasteiger partial charge in [0.2, 0.25) is 0 Å². The zero-order valence-electron chi connectivity index (χ0n) is 12.4. The fourth-order valence-electron chi connectivity index (χ4n) is 1.65. The molecule has 4 nitrogen and oxygen atoms in total. The summed E-state index contributed by atoms with van der Waals surface area (Å²) in [6, 6.07) is 6.87. The van der Waals surface area contributed by atoms with E-state index in [0.717, 1.165) is 10.0 Å². The Morgan fingerprint density at radius 1 is 1.05 bits per heavy atom. The van der Waals surface area contributed by atoms with Gasteiger partial charge in [0, 0.05) is 10.5 Å². The molecule has 3 unspecified atom stereocenters. The molecule has 3 atom stereocenters. The number of aliphatic hydroxyl groups excluding tert-OH is 1. The van der Waals surface area contributed by atoms with Gasteiger partial charge in [-0.2, -0.15) is 0 Å². The molecule has 1 aromatic rings. The third-order valence-electron chi connectivity index (χ3n) is 3.40. The second-order valence-electron chi connectivity index (χ2n) is 5.44. The molecule has 0 saturated carbocycles. The van der Waals surface area contributed by atoms with Crippen molar-refractivity contribution in [3.63, 3.8) is 0 Å². The number of urea groups is 1. The second kappa shape index (κ2) is 7.64. The van der Waals surface area contributed by atoms with Gasteiger partial charge in [0.25, 0.3) is 0 Å². The highest BCUT2D eigenvalue weighted by atomic mass is 79.9. The maximum atomic E-state index is 11.8. The van der Waals surface area contributed by atoms with E-state index in [1.807, 2.05) is 45.0 Å². The van der Waals surface area contributed by atoms with Crippen LogP contribution in [0, 0.1) is 5.92 Å². The van der Waals surface area contributed by atoms with E-state index in [1.165, 1.54) is 0 Å². The van der Waals surface area contributed by atoms with E-state index in [4.69, 9.17) is 0 Å². The van der Waals surface area contributed by atoms with Crippen molar-refractivity contribution in [2.45, 2.75) is 45.9 Å². The molecule has 0 aliphatic carbocycles. The van der Waals surface area contributed by atoms with Gasteiger partial charge in [-0.1, -0.05) is 41.9 Å². The van der Waals surface area contributed by atoms with Crippen molar-refractivity contribution in [2.75, 3.05) is 0 Å². The zero-order chi connectivity index (χ0) is 15.3. The van der Waals surface area contributed by atoms with Gasteiger partial charge >= 0.3 is 6.03 Å². The van der Waals surface area contributed by atoms with Crippen LogP contribution in [0.25, 0.3) is 0 Å². The topological polar surface area (TPSA) is 61.4 Å². The number of aliphatic hydroxyl groups is 1. The van der Waals surface area contributed by atoms with Crippen LogP contribution in [0.5, 0.6) is 0 Å². The summed E-state index contributed by atoms with van der Waals surface area (Å²) < 4.78 is 0.956. The largest absolute Gasteiger partial charge is 0.386 e. The minimum atomic E-state index is -0.733. The van der Waals surface area contributed by atoms with E-state index in [9.17, 15) is 9.90 Å². The number of amides is 2. The molecule has 3 N–H and O–H groups in total. The predicted molar refractivity (Wildman–Crippen MR) is 84.5 cm³/mol. The van der Waals surface area contributed by atoms with Crippen LogP contribution in [0.4, 0.5) is 4.79 Å². The van der Waals surface area contributed by atoms with E-state index in [2.05, 4.69) is 26.6 Å². The fraction of sp³-hybridized carbons (Fsp3) is 0.533. The molecule has 1 rings (SSSR count). The number of hydrogen-bond donors (Lipinski definition) is 3. The molecule has 0 aliphatic rings. The molecule has 0 aliphatic heterocycles. The Bertz CT molecular complexity index is 434. The molecule has 112 valence electrons. The quantitative estimate of drug-likeness (QED) is 0.769. The lowest BCUT2D eigenvalue weighted by molar-refractivity contribution is 0.136.